The van der Waals surface area contributed by atoms with Crippen LogP contribution in [0.4, 0.5) is 0 Å². The molecule has 92 valence electrons. The molecule has 0 radical (unpaired) electrons. The van der Waals surface area contributed by atoms with Crippen molar-refractivity contribution in [1.82, 2.24) is 0 Å². The molecule has 0 aromatic rings. The molecule has 0 aliphatic carbocycles. The predicted molar refractivity (Wildman–Crippen MR) is 78.1 cm³/mol. The smallest absolute Gasteiger partial charge is 0.172 e. The van der Waals surface area contributed by atoms with Crippen molar-refractivity contribution in [2.24, 2.45) is 4.41 Å². The Hall–Kier alpha value is 0.737. The molecule has 0 atom stereocenters. The van der Waals surface area contributed by atoms with Gasteiger partial charge < -0.3 is 4.41 Å². The SMILES string of the molecule is CC(C)(C)P(Cl)(=N[Si](C)(C)C)C(C)(C)C. The highest BCUT2D eigenvalue weighted by Crippen LogP contribution is 2.73. The summed E-state index contributed by atoms with van der Waals surface area (Å²) in [5.41, 5.74) is 0. The quantitative estimate of drug-likeness (QED) is 0.422. The lowest BCUT2D eigenvalue weighted by Crippen LogP contribution is -2.29. The Bertz CT molecular complexity index is 260. The number of hydrogen-bond acceptors (Lipinski definition) is 1. The third-order valence-corrected chi connectivity index (χ3v) is 13.0. The summed E-state index contributed by atoms with van der Waals surface area (Å²) >= 11 is 6.96. The summed E-state index contributed by atoms with van der Waals surface area (Å²) in [6, 6.07) is 0. The van der Waals surface area contributed by atoms with Crippen LogP contribution in [0.5, 0.6) is 0 Å². The van der Waals surface area contributed by atoms with E-state index in [2.05, 4.69) is 61.2 Å². The molecule has 15 heavy (non-hydrogen) atoms. The minimum Gasteiger partial charge on any atom is -0.323 e. The van der Waals surface area contributed by atoms with Gasteiger partial charge in [-0.05, 0) is 0 Å². The van der Waals surface area contributed by atoms with Gasteiger partial charge in [-0.15, -0.1) is 0 Å². The number of nitrogens with zero attached hydrogens (tertiary/aromatic N) is 1. The average Bonchev–Trinajstić information content (AvgIpc) is 1.77. The van der Waals surface area contributed by atoms with Crippen LogP contribution in [-0.4, -0.2) is 18.5 Å². The van der Waals surface area contributed by atoms with Crippen LogP contribution in [-0.2, 0) is 0 Å². The van der Waals surface area contributed by atoms with E-state index >= 15 is 0 Å². The fourth-order valence-electron chi connectivity index (χ4n) is 1.72. The first kappa shape index (κ1) is 15.7. The van der Waals surface area contributed by atoms with E-state index in [1.807, 2.05) is 0 Å². The van der Waals surface area contributed by atoms with Crippen molar-refractivity contribution in [3.05, 3.63) is 0 Å². The van der Waals surface area contributed by atoms with Crippen molar-refractivity contribution in [2.45, 2.75) is 71.5 Å². The molecule has 0 saturated heterocycles. The van der Waals surface area contributed by atoms with Gasteiger partial charge in [0.25, 0.3) is 0 Å². The Morgan fingerprint density at radius 2 is 1.13 bits per heavy atom. The van der Waals surface area contributed by atoms with Gasteiger partial charge in [0.05, 0.1) is 6.41 Å². The van der Waals surface area contributed by atoms with Crippen molar-refractivity contribution in [3.63, 3.8) is 0 Å². The zero-order valence-corrected chi connectivity index (χ0v) is 14.4. The Labute approximate surface area is 102 Å². The first-order valence-electron chi connectivity index (χ1n) is 5.54. The topological polar surface area (TPSA) is 12.4 Å². The molecular formula is C11H27ClNPSi. The number of hydrogen-bond donors (Lipinski definition) is 0. The molecule has 0 aliphatic heterocycles. The van der Waals surface area contributed by atoms with E-state index in [9.17, 15) is 0 Å². The van der Waals surface area contributed by atoms with Crippen LogP contribution < -0.4 is 0 Å². The summed E-state index contributed by atoms with van der Waals surface area (Å²) in [6.45, 7) is 20.1. The lowest BCUT2D eigenvalue weighted by molar-refractivity contribution is 0.709. The Morgan fingerprint density at radius 1 is 0.867 bits per heavy atom. The molecule has 0 saturated carbocycles. The summed E-state index contributed by atoms with van der Waals surface area (Å²) in [6.07, 6.45) is -1.80. The van der Waals surface area contributed by atoms with Gasteiger partial charge in [0.15, 0.2) is 8.24 Å². The van der Waals surface area contributed by atoms with Gasteiger partial charge in [-0.25, -0.2) is 0 Å². The second-order valence-corrected chi connectivity index (χ2v) is 17.6. The van der Waals surface area contributed by atoms with Gasteiger partial charge in [0.1, 0.15) is 0 Å². The Kier molecular flexibility index (Phi) is 4.40. The zero-order valence-electron chi connectivity index (χ0n) is 11.8. The highest BCUT2D eigenvalue weighted by atomic mass is 35.7. The van der Waals surface area contributed by atoms with E-state index in [0.29, 0.717) is 0 Å². The summed E-state index contributed by atoms with van der Waals surface area (Å²) in [7, 11) is -1.47. The molecule has 0 N–H and O–H groups in total. The van der Waals surface area contributed by atoms with Gasteiger partial charge in [0.2, 0.25) is 0 Å². The molecule has 0 aromatic heterocycles. The maximum Gasteiger partial charge on any atom is 0.172 e. The van der Waals surface area contributed by atoms with Crippen LogP contribution >= 0.6 is 17.6 Å². The minimum absolute atomic E-state index is 0.0904. The summed E-state index contributed by atoms with van der Waals surface area (Å²) < 4.78 is 5.10. The molecule has 0 fully saturated rings. The molecule has 0 rings (SSSR count). The molecule has 0 amide bonds. The molecule has 0 bridgehead atoms. The van der Waals surface area contributed by atoms with Crippen LogP contribution in [0.25, 0.3) is 0 Å². The lowest BCUT2D eigenvalue weighted by atomic mass is 10.2. The van der Waals surface area contributed by atoms with Gasteiger partial charge in [-0.1, -0.05) is 72.4 Å². The lowest BCUT2D eigenvalue weighted by Gasteiger charge is -2.43. The van der Waals surface area contributed by atoms with Crippen molar-refractivity contribution in [2.75, 3.05) is 0 Å². The molecular weight excluding hydrogens is 241 g/mol. The molecule has 0 spiro atoms. The Morgan fingerprint density at radius 3 is 1.20 bits per heavy atom. The van der Waals surface area contributed by atoms with Crippen LogP contribution in [0.2, 0.25) is 19.6 Å². The van der Waals surface area contributed by atoms with E-state index in [4.69, 9.17) is 15.7 Å². The molecule has 4 heteroatoms. The van der Waals surface area contributed by atoms with E-state index in [1.54, 1.807) is 0 Å². The minimum atomic E-state index is -1.80. The molecule has 0 aromatic carbocycles. The number of halogens is 1. The van der Waals surface area contributed by atoms with E-state index < -0.39 is 14.6 Å². The van der Waals surface area contributed by atoms with Gasteiger partial charge in [-0.3, -0.25) is 0 Å². The first-order chi connectivity index (χ1) is 6.21. The van der Waals surface area contributed by atoms with Crippen molar-refractivity contribution in [1.29, 1.82) is 0 Å². The van der Waals surface area contributed by atoms with E-state index in [0.717, 1.165) is 0 Å². The molecule has 0 heterocycles. The van der Waals surface area contributed by atoms with E-state index in [-0.39, 0.29) is 10.3 Å². The predicted octanol–water partition coefficient (Wildman–Crippen LogP) is 5.77. The van der Waals surface area contributed by atoms with Crippen molar-refractivity contribution < 1.29 is 0 Å². The van der Waals surface area contributed by atoms with Gasteiger partial charge >= 0.3 is 0 Å². The van der Waals surface area contributed by atoms with Crippen molar-refractivity contribution in [3.8, 4) is 0 Å². The number of rotatable bonds is 1. The summed E-state index contributed by atoms with van der Waals surface area (Å²) in [4.78, 5) is 0. The van der Waals surface area contributed by atoms with E-state index in [1.165, 1.54) is 0 Å². The summed E-state index contributed by atoms with van der Waals surface area (Å²) in [5.74, 6) is 0. The highest BCUT2D eigenvalue weighted by molar-refractivity contribution is 7.93. The van der Waals surface area contributed by atoms with Crippen LogP contribution in [0.15, 0.2) is 4.41 Å². The maximum atomic E-state index is 6.96. The standard InChI is InChI=1S/C11H27ClNPSi/c1-10(2,3)14(12,11(4,5)6)13-15(7,8)9/h1-9H3. The second-order valence-electron chi connectivity index (χ2n) is 7.17. The Balaban J connectivity index is 5.77. The normalized spacial score (nSPS) is 15.3. The first-order valence-corrected chi connectivity index (χ1v) is 11.6. The summed E-state index contributed by atoms with van der Waals surface area (Å²) in [5, 5.41) is 0.181. The maximum absolute atomic E-state index is 6.96. The van der Waals surface area contributed by atoms with Crippen LogP contribution in [0.1, 0.15) is 41.5 Å². The zero-order chi connectivity index (χ0) is 12.7. The van der Waals surface area contributed by atoms with Gasteiger partial charge in [0, 0.05) is 10.3 Å². The molecule has 1 nitrogen and oxygen atoms in total. The fourth-order valence-corrected chi connectivity index (χ4v) is 11.5. The highest BCUT2D eigenvalue weighted by Gasteiger charge is 2.42. The fraction of sp³-hybridized carbons (Fsp3) is 1.00. The molecule has 0 unspecified atom stereocenters. The second kappa shape index (κ2) is 4.20. The van der Waals surface area contributed by atoms with Crippen LogP contribution in [0.3, 0.4) is 0 Å². The molecule has 0 aliphatic rings. The third-order valence-electron chi connectivity index (χ3n) is 2.22. The third kappa shape index (κ3) is 3.91. The largest absolute Gasteiger partial charge is 0.323 e. The van der Waals surface area contributed by atoms with Crippen molar-refractivity contribution >= 4 is 25.9 Å². The van der Waals surface area contributed by atoms with Crippen LogP contribution in [0, 0.1) is 0 Å². The average molecular weight is 268 g/mol. The van der Waals surface area contributed by atoms with Gasteiger partial charge in [-0.2, -0.15) is 0 Å². The monoisotopic (exact) mass is 267 g/mol.